The Hall–Kier alpha value is -2.17. The predicted octanol–water partition coefficient (Wildman–Crippen LogP) is 1.84. The van der Waals surface area contributed by atoms with Gasteiger partial charge in [0.25, 0.3) is 5.56 Å². The topological polar surface area (TPSA) is 66.0 Å². The Balaban J connectivity index is 2.59. The van der Waals surface area contributed by atoms with Crippen LogP contribution in [0.2, 0.25) is 0 Å². The van der Waals surface area contributed by atoms with Crippen LogP contribution in [0.25, 0.3) is 11.4 Å². The van der Waals surface area contributed by atoms with Gasteiger partial charge in [-0.05, 0) is 18.6 Å². The third kappa shape index (κ3) is 2.50. The lowest BCUT2D eigenvalue weighted by molar-refractivity contribution is 0.469. The van der Waals surface area contributed by atoms with E-state index in [-0.39, 0.29) is 17.1 Å². The van der Waals surface area contributed by atoms with Crippen molar-refractivity contribution in [2.24, 2.45) is 0 Å². The number of halogens is 1. The molecule has 2 rings (SSSR count). The van der Waals surface area contributed by atoms with E-state index in [4.69, 9.17) is 0 Å². The first-order chi connectivity index (χ1) is 8.08. The molecule has 0 unspecified atom stereocenters. The van der Waals surface area contributed by atoms with Gasteiger partial charge in [0.2, 0.25) is 0 Å². The molecular formula is C12H11FN2O2. The Morgan fingerprint density at radius 1 is 1.35 bits per heavy atom. The summed E-state index contributed by atoms with van der Waals surface area (Å²) in [5.41, 5.74) is 0.665. The third-order valence-electron chi connectivity index (χ3n) is 2.31. The van der Waals surface area contributed by atoms with Crippen molar-refractivity contribution in [2.75, 3.05) is 0 Å². The van der Waals surface area contributed by atoms with Crippen molar-refractivity contribution in [1.29, 1.82) is 0 Å². The van der Waals surface area contributed by atoms with E-state index in [1.165, 1.54) is 18.2 Å². The van der Waals surface area contributed by atoms with E-state index in [0.717, 1.165) is 6.07 Å². The van der Waals surface area contributed by atoms with E-state index in [9.17, 15) is 14.3 Å². The zero-order valence-corrected chi connectivity index (χ0v) is 9.20. The van der Waals surface area contributed by atoms with Gasteiger partial charge in [-0.3, -0.25) is 4.79 Å². The van der Waals surface area contributed by atoms with E-state index in [0.29, 0.717) is 17.7 Å². The van der Waals surface area contributed by atoms with Crippen molar-refractivity contribution in [3.8, 4) is 17.1 Å². The first-order valence-electron chi connectivity index (χ1n) is 5.18. The fourth-order valence-corrected chi connectivity index (χ4v) is 1.54. The second-order valence-electron chi connectivity index (χ2n) is 3.64. The van der Waals surface area contributed by atoms with Gasteiger partial charge >= 0.3 is 0 Å². The van der Waals surface area contributed by atoms with E-state index < -0.39 is 5.82 Å². The molecule has 88 valence electrons. The maximum Gasteiger partial charge on any atom is 0.251 e. The molecule has 0 saturated carbocycles. The van der Waals surface area contributed by atoms with E-state index in [1.54, 1.807) is 0 Å². The van der Waals surface area contributed by atoms with Gasteiger partial charge in [-0.25, -0.2) is 9.37 Å². The average molecular weight is 234 g/mol. The number of aryl methyl sites for hydroxylation is 1. The highest BCUT2D eigenvalue weighted by Gasteiger charge is 2.06. The number of H-pyrrole nitrogens is 1. The first-order valence-corrected chi connectivity index (χ1v) is 5.18. The summed E-state index contributed by atoms with van der Waals surface area (Å²) in [4.78, 5) is 18.0. The van der Waals surface area contributed by atoms with Crippen molar-refractivity contribution < 1.29 is 9.50 Å². The minimum atomic E-state index is -0.579. The number of rotatable bonds is 2. The molecular weight excluding hydrogens is 223 g/mol. The number of nitrogens with zero attached hydrogens (tertiary/aromatic N) is 1. The van der Waals surface area contributed by atoms with Crippen LogP contribution in [-0.2, 0) is 6.42 Å². The molecule has 0 amide bonds. The predicted molar refractivity (Wildman–Crippen MR) is 61.3 cm³/mol. The van der Waals surface area contributed by atoms with Crippen molar-refractivity contribution >= 4 is 0 Å². The number of phenols is 1. The highest BCUT2D eigenvalue weighted by molar-refractivity contribution is 5.57. The first kappa shape index (κ1) is 11.3. The molecule has 0 saturated heterocycles. The minimum absolute atomic E-state index is 0.204. The van der Waals surface area contributed by atoms with Crippen LogP contribution in [0.1, 0.15) is 12.6 Å². The molecule has 2 N–H and O–H groups in total. The van der Waals surface area contributed by atoms with E-state index in [2.05, 4.69) is 9.97 Å². The van der Waals surface area contributed by atoms with Crippen molar-refractivity contribution in [3.63, 3.8) is 0 Å². The lowest BCUT2D eigenvalue weighted by atomic mass is 10.2. The highest BCUT2D eigenvalue weighted by Crippen LogP contribution is 2.21. The van der Waals surface area contributed by atoms with Gasteiger partial charge in [-0.1, -0.05) is 6.92 Å². The summed E-state index contributed by atoms with van der Waals surface area (Å²) in [5.74, 6) is -0.529. The number of nitrogens with one attached hydrogen (secondary N) is 1. The Morgan fingerprint density at radius 2 is 2.12 bits per heavy atom. The van der Waals surface area contributed by atoms with E-state index in [1.807, 2.05) is 6.92 Å². The number of hydrogen-bond acceptors (Lipinski definition) is 3. The molecule has 5 heteroatoms. The van der Waals surface area contributed by atoms with Gasteiger partial charge < -0.3 is 10.1 Å². The second kappa shape index (κ2) is 4.37. The van der Waals surface area contributed by atoms with Crippen LogP contribution in [0.4, 0.5) is 4.39 Å². The molecule has 4 nitrogen and oxygen atoms in total. The number of aromatic amines is 1. The Bertz CT molecular complexity index is 587. The Labute approximate surface area is 96.8 Å². The number of phenolic OH excluding ortho intramolecular Hbond substituents is 1. The minimum Gasteiger partial charge on any atom is -0.508 e. The van der Waals surface area contributed by atoms with Gasteiger partial charge in [0, 0.05) is 23.4 Å². The van der Waals surface area contributed by atoms with Crippen LogP contribution >= 0.6 is 0 Å². The molecule has 2 aromatic rings. The fraction of sp³-hybridized carbons (Fsp3) is 0.167. The average Bonchev–Trinajstić information content (AvgIpc) is 2.26. The van der Waals surface area contributed by atoms with Crippen molar-refractivity contribution in [1.82, 2.24) is 9.97 Å². The summed E-state index contributed by atoms with van der Waals surface area (Å²) in [6.07, 6.45) is 0.609. The maximum absolute atomic E-state index is 13.1. The molecule has 0 radical (unpaired) electrons. The van der Waals surface area contributed by atoms with Crippen LogP contribution in [0.3, 0.4) is 0 Å². The number of benzene rings is 1. The zero-order chi connectivity index (χ0) is 12.4. The normalized spacial score (nSPS) is 10.5. The molecule has 17 heavy (non-hydrogen) atoms. The molecule has 0 bridgehead atoms. The molecule has 0 fully saturated rings. The number of aromatic hydroxyl groups is 1. The molecule has 0 aliphatic rings. The van der Waals surface area contributed by atoms with Crippen LogP contribution in [0.5, 0.6) is 5.75 Å². The largest absolute Gasteiger partial charge is 0.508 e. The third-order valence-corrected chi connectivity index (χ3v) is 2.31. The summed E-state index contributed by atoms with van der Waals surface area (Å²) in [5, 5.41) is 9.29. The van der Waals surface area contributed by atoms with Gasteiger partial charge in [0.05, 0.1) is 0 Å². The number of aromatic nitrogens is 2. The van der Waals surface area contributed by atoms with Gasteiger partial charge in [0.1, 0.15) is 17.4 Å². The molecule has 0 spiro atoms. The zero-order valence-electron chi connectivity index (χ0n) is 9.20. The molecule has 1 heterocycles. The fourth-order valence-electron chi connectivity index (χ4n) is 1.54. The smallest absolute Gasteiger partial charge is 0.251 e. The van der Waals surface area contributed by atoms with Crippen LogP contribution in [0.15, 0.2) is 29.1 Å². The lowest BCUT2D eigenvalue weighted by Crippen LogP contribution is -2.10. The van der Waals surface area contributed by atoms with Gasteiger partial charge in [0.15, 0.2) is 0 Å². The molecule has 0 aliphatic carbocycles. The Kier molecular flexibility index (Phi) is 2.91. The summed E-state index contributed by atoms with van der Waals surface area (Å²) in [7, 11) is 0. The highest BCUT2D eigenvalue weighted by atomic mass is 19.1. The van der Waals surface area contributed by atoms with Gasteiger partial charge in [-0.2, -0.15) is 0 Å². The van der Waals surface area contributed by atoms with Crippen LogP contribution in [-0.4, -0.2) is 15.1 Å². The SMILES string of the molecule is CCc1cc(=O)[nH]c(-c2cc(O)cc(F)c2)n1. The summed E-state index contributed by atoms with van der Waals surface area (Å²) in [6.45, 7) is 1.87. The lowest BCUT2D eigenvalue weighted by Gasteiger charge is -2.04. The van der Waals surface area contributed by atoms with Crippen LogP contribution in [0, 0.1) is 5.82 Å². The second-order valence-corrected chi connectivity index (χ2v) is 3.64. The monoisotopic (exact) mass is 234 g/mol. The van der Waals surface area contributed by atoms with Crippen molar-refractivity contribution in [3.05, 3.63) is 46.1 Å². The van der Waals surface area contributed by atoms with E-state index >= 15 is 0 Å². The van der Waals surface area contributed by atoms with Crippen molar-refractivity contribution in [2.45, 2.75) is 13.3 Å². The molecule has 1 aromatic carbocycles. The quantitative estimate of drug-likeness (QED) is 0.833. The summed E-state index contributed by atoms with van der Waals surface area (Å²) in [6, 6.07) is 4.94. The number of hydrogen-bond donors (Lipinski definition) is 2. The van der Waals surface area contributed by atoms with Crippen LogP contribution < -0.4 is 5.56 Å². The summed E-state index contributed by atoms with van der Waals surface area (Å²) < 4.78 is 13.1. The standard InChI is InChI=1S/C12H11FN2O2/c1-2-9-6-11(17)15-12(14-9)7-3-8(13)5-10(16)4-7/h3-6,16H,2H2,1H3,(H,14,15,17). The van der Waals surface area contributed by atoms with Gasteiger partial charge in [-0.15, -0.1) is 0 Å². The maximum atomic E-state index is 13.1. The molecule has 0 atom stereocenters. The molecule has 0 aliphatic heterocycles. The molecule has 1 aromatic heterocycles. The summed E-state index contributed by atoms with van der Waals surface area (Å²) >= 11 is 0. The Morgan fingerprint density at radius 3 is 2.76 bits per heavy atom.